The first-order valence-corrected chi connectivity index (χ1v) is 8.13. The Morgan fingerprint density at radius 2 is 1.45 bits per heavy atom. The van der Waals surface area contributed by atoms with E-state index in [4.69, 9.17) is 0 Å². The monoisotopic (exact) mass is 274 g/mol. The zero-order chi connectivity index (χ0) is 15.0. The molecule has 0 unspecified atom stereocenters. The molecule has 1 heteroatoms. The lowest BCUT2D eigenvalue weighted by atomic mass is 9.94. The van der Waals surface area contributed by atoms with E-state index < -0.39 is 0 Å². The van der Waals surface area contributed by atoms with Gasteiger partial charge < -0.3 is 0 Å². The molecular weight excluding hydrogens is 244 g/mol. The number of benzene rings is 1. The lowest BCUT2D eigenvalue weighted by Crippen LogP contribution is -2.06. The van der Waals surface area contributed by atoms with Crippen LogP contribution in [-0.2, 0) is 11.2 Å². The fourth-order valence-corrected chi connectivity index (χ4v) is 2.88. The van der Waals surface area contributed by atoms with Gasteiger partial charge in [0.1, 0.15) is 5.78 Å². The van der Waals surface area contributed by atoms with Crippen LogP contribution in [-0.4, -0.2) is 5.78 Å². The predicted molar refractivity (Wildman–Crippen MR) is 87.4 cm³/mol. The highest BCUT2D eigenvalue weighted by Gasteiger charge is 2.09. The molecule has 1 rings (SSSR count). The van der Waals surface area contributed by atoms with E-state index in [0.29, 0.717) is 12.2 Å². The van der Waals surface area contributed by atoms with Crippen LogP contribution in [0.15, 0.2) is 12.1 Å². The van der Waals surface area contributed by atoms with Crippen molar-refractivity contribution in [3.05, 3.63) is 34.4 Å². The lowest BCUT2D eigenvalue weighted by Gasteiger charge is -2.10. The average molecular weight is 274 g/mol. The summed E-state index contributed by atoms with van der Waals surface area (Å²) in [6.45, 7) is 8.58. The quantitative estimate of drug-likeness (QED) is 0.545. The highest BCUT2D eigenvalue weighted by atomic mass is 16.1. The smallest absolute Gasteiger partial charge is 0.137 e. The van der Waals surface area contributed by atoms with Crippen molar-refractivity contribution < 1.29 is 4.79 Å². The van der Waals surface area contributed by atoms with Gasteiger partial charge in [-0.25, -0.2) is 0 Å². The van der Waals surface area contributed by atoms with Crippen molar-refractivity contribution in [1.82, 2.24) is 0 Å². The normalized spacial score (nSPS) is 10.8. The minimum absolute atomic E-state index is 0.399. The molecule has 0 amide bonds. The van der Waals surface area contributed by atoms with Gasteiger partial charge in [-0.05, 0) is 43.9 Å². The fraction of sp³-hybridized carbons (Fsp3) is 0.632. The number of Topliss-reactive ketones (excluding diaryl/α,β-unsaturated/α-hetero) is 1. The van der Waals surface area contributed by atoms with Gasteiger partial charge >= 0.3 is 0 Å². The van der Waals surface area contributed by atoms with Crippen molar-refractivity contribution in [3.8, 4) is 0 Å². The van der Waals surface area contributed by atoms with Crippen LogP contribution in [0, 0.1) is 20.8 Å². The first kappa shape index (κ1) is 16.9. The summed E-state index contributed by atoms with van der Waals surface area (Å²) in [5, 5.41) is 0. The molecule has 0 radical (unpaired) electrons. The summed E-state index contributed by atoms with van der Waals surface area (Å²) in [6.07, 6.45) is 8.85. The third-order valence-electron chi connectivity index (χ3n) is 4.02. The third-order valence-corrected chi connectivity index (χ3v) is 4.02. The molecule has 0 saturated heterocycles. The molecule has 0 saturated carbocycles. The fourth-order valence-electron chi connectivity index (χ4n) is 2.88. The molecule has 0 bridgehead atoms. The van der Waals surface area contributed by atoms with E-state index in [1.165, 1.54) is 54.4 Å². The van der Waals surface area contributed by atoms with E-state index in [1.807, 2.05) is 0 Å². The number of unbranched alkanes of at least 4 members (excludes halogenated alkanes) is 5. The maximum Gasteiger partial charge on any atom is 0.137 e. The number of aryl methyl sites for hydroxylation is 3. The van der Waals surface area contributed by atoms with Crippen molar-refractivity contribution in [2.45, 2.75) is 79.1 Å². The summed E-state index contributed by atoms with van der Waals surface area (Å²) >= 11 is 0. The van der Waals surface area contributed by atoms with Crippen molar-refractivity contribution in [2.24, 2.45) is 0 Å². The maximum absolute atomic E-state index is 12.1. The van der Waals surface area contributed by atoms with E-state index in [-0.39, 0.29) is 0 Å². The predicted octanol–water partition coefficient (Wildman–Crippen LogP) is 5.47. The Kier molecular flexibility index (Phi) is 7.58. The Balaban J connectivity index is 2.36. The van der Waals surface area contributed by atoms with E-state index in [0.717, 1.165) is 12.8 Å². The van der Waals surface area contributed by atoms with Crippen molar-refractivity contribution in [2.75, 3.05) is 0 Å². The number of hydrogen-bond acceptors (Lipinski definition) is 1. The molecule has 1 aromatic rings. The highest BCUT2D eigenvalue weighted by Crippen LogP contribution is 2.18. The van der Waals surface area contributed by atoms with Crippen LogP contribution in [0.1, 0.15) is 74.1 Å². The second-order valence-corrected chi connectivity index (χ2v) is 6.11. The zero-order valence-electron chi connectivity index (χ0n) is 13.7. The van der Waals surface area contributed by atoms with Crippen LogP contribution < -0.4 is 0 Å². The summed E-state index contributed by atoms with van der Waals surface area (Å²) < 4.78 is 0. The Labute approximate surface area is 124 Å². The van der Waals surface area contributed by atoms with Gasteiger partial charge in [0.25, 0.3) is 0 Å². The second-order valence-electron chi connectivity index (χ2n) is 6.11. The molecule has 1 nitrogen and oxygen atoms in total. The summed E-state index contributed by atoms with van der Waals surface area (Å²) in [5.74, 6) is 0.399. The van der Waals surface area contributed by atoms with Crippen molar-refractivity contribution in [1.29, 1.82) is 0 Å². The lowest BCUT2D eigenvalue weighted by molar-refractivity contribution is -0.118. The molecule has 0 spiro atoms. The standard InChI is InChI=1S/C19H30O/c1-5-6-7-8-9-10-11-18(20)14-19-16(3)12-15(2)13-17(19)4/h12-13H,5-11,14H2,1-4H3. The SMILES string of the molecule is CCCCCCCCC(=O)Cc1c(C)cc(C)cc1C. The number of carbonyl (C=O) groups excluding carboxylic acids is 1. The van der Waals surface area contributed by atoms with Crippen LogP contribution in [0.4, 0.5) is 0 Å². The topological polar surface area (TPSA) is 17.1 Å². The van der Waals surface area contributed by atoms with Crippen LogP contribution in [0.25, 0.3) is 0 Å². The zero-order valence-corrected chi connectivity index (χ0v) is 13.7. The summed E-state index contributed by atoms with van der Waals surface area (Å²) in [5.41, 5.74) is 5.05. The molecule has 0 atom stereocenters. The molecule has 0 N–H and O–H groups in total. The Morgan fingerprint density at radius 3 is 2.05 bits per heavy atom. The Morgan fingerprint density at radius 1 is 0.900 bits per heavy atom. The molecule has 0 aliphatic heterocycles. The average Bonchev–Trinajstić information content (AvgIpc) is 2.38. The van der Waals surface area contributed by atoms with Gasteiger partial charge in [-0.1, -0.05) is 56.7 Å². The first-order chi connectivity index (χ1) is 9.54. The maximum atomic E-state index is 12.1. The summed E-state index contributed by atoms with van der Waals surface area (Å²) in [6, 6.07) is 4.36. The molecule has 1 aromatic carbocycles. The molecule has 0 heterocycles. The van der Waals surface area contributed by atoms with E-state index in [9.17, 15) is 4.79 Å². The van der Waals surface area contributed by atoms with Crippen LogP contribution >= 0.6 is 0 Å². The highest BCUT2D eigenvalue weighted by molar-refractivity contribution is 5.81. The first-order valence-electron chi connectivity index (χ1n) is 8.13. The van der Waals surface area contributed by atoms with Crippen LogP contribution in [0.3, 0.4) is 0 Å². The Hall–Kier alpha value is -1.11. The molecule has 0 aliphatic carbocycles. The van der Waals surface area contributed by atoms with Gasteiger partial charge in [-0.15, -0.1) is 0 Å². The Bertz CT molecular complexity index is 408. The van der Waals surface area contributed by atoms with E-state index >= 15 is 0 Å². The number of hydrogen-bond donors (Lipinski definition) is 0. The van der Waals surface area contributed by atoms with Crippen LogP contribution in [0.5, 0.6) is 0 Å². The minimum Gasteiger partial charge on any atom is -0.299 e. The van der Waals surface area contributed by atoms with Gasteiger partial charge in [0.05, 0.1) is 0 Å². The third kappa shape index (κ3) is 5.90. The van der Waals surface area contributed by atoms with Crippen molar-refractivity contribution in [3.63, 3.8) is 0 Å². The van der Waals surface area contributed by atoms with Crippen LogP contribution in [0.2, 0.25) is 0 Å². The number of rotatable bonds is 9. The number of carbonyl (C=O) groups is 1. The van der Waals surface area contributed by atoms with E-state index in [1.54, 1.807) is 0 Å². The number of ketones is 1. The molecule has 0 aromatic heterocycles. The minimum atomic E-state index is 0.399. The molecule has 20 heavy (non-hydrogen) atoms. The van der Waals surface area contributed by atoms with Gasteiger partial charge in [-0.2, -0.15) is 0 Å². The molecular formula is C19H30O. The van der Waals surface area contributed by atoms with Gasteiger partial charge in [0.15, 0.2) is 0 Å². The second kappa shape index (κ2) is 8.94. The van der Waals surface area contributed by atoms with Gasteiger partial charge in [0.2, 0.25) is 0 Å². The summed E-state index contributed by atoms with van der Waals surface area (Å²) in [7, 11) is 0. The van der Waals surface area contributed by atoms with Crippen molar-refractivity contribution >= 4 is 5.78 Å². The van der Waals surface area contributed by atoms with Gasteiger partial charge in [0, 0.05) is 12.8 Å². The van der Waals surface area contributed by atoms with Gasteiger partial charge in [-0.3, -0.25) is 4.79 Å². The molecule has 112 valence electrons. The van der Waals surface area contributed by atoms with E-state index in [2.05, 4.69) is 39.8 Å². The molecule has 0 aliphatic rings. The largest absolute Gasteiger partial charge is 0.299 e. The summed E-state index contributed by atoms with van der Waals surface area (Å²) in [4.78, 5) is 12.1. The molecule has 0 fully saturated rings.